The van der Waals surface area contributed by atoms with E-state index in [4.69, 9.17) is 10.2 Å². The molecule has 0 atom stereocenters. The highest BCUT2D eigenvalue weighted by Crippen LogP contribution is 2.01. The van der Waals surface area contributed by atoms with Gasteiger partial charge in [0.2, 0.25) is 5.91 Å². The summed E-state index contributed by atoms with van der Waals surface area (Å²) in [6.45, 7) is 3.53. The molecule has 2 N–H and O–H groups in total. The summed E-state index contributed by atoms with van der Waals surface area (Å²) in [5, 5.41) is 17.2. The number of hydrogen-bond donors (Lipinski definition) is 2. The second-order valence-corrected chi connectivity index (χ2v) is 3.23. The van der Waals surface area contributed by atoms with Crippen molar-refractivity contribution in [2.45, 2.75) is 32.6 Å². The zero-order valence-corrected chi connectivity index (χ0v) is 8.91. The summed E-state index contributed by atoms with van der Waals surface area (Å²) in [4.78, 5) is 13.3. The quantitative estimate of drug-likeness (QED) is 0.561. The molecule has 0 bridgehead atoms. The Morgan fingerprint density at radius 2 is 1.79 bits per heavy atom. The summed E-state index contributed by atoms with van der Waals surface area (Å²) < 4.78 is 0. The first-order valence-corrected chi connectivity index (χ1v) is 5.25. The number of aliphatic hydroxyl groups is 2. The fourth-order valence-corrected chi connectivity index (χ4v) is 1.27. The molecule has 0 aromatic carbocycles. The minimum atomic E-state index is 0.120. The third-order valence-corrected chi connectivity index (χ3v) is 2.12. The van der Waals surface area contributed by atoms with Crippen LogP contribution in [0.4, 0.5) is 0 Å². The van der Waals surface area contributed by atoms with Crippen LogP contribution >= 0.6 is 0 Å². The van der Waals surface area contributed by atoms with Gasteiger partial charge >= 0.3 is 0 Å². The first-order chi connectivity index (χ1) is 6.76. The molecule has 0 aliphatic heterocycles. The SMILES string of the molecule is CCN(CCCO)C(=O)CCCCO. The molecule has 0 rings (SSSR count). The molecular formula is C10H21NO3. The predicted molar refractivity (Wildman–Crippen MR) is 54.9 cm³/mol. The molecule has 0 fully saturated rings. The van der Waals surface area contributed by atoms with Gasteiger partial charge in [0.05, 0.1) is 0 Å². The molecule has 4 heteroatoms. The molecule has 0 spiro atoms. The number of rotatable bonds is 8. The van der Waals surface area contributed by atoms with Crippen molar-refractivity contribution in [3.05, 3.63) is 0 Å². The number of aliphatic hydroxyl groups excluding tert-OH is 2. The van der Waals surface area contributed by atoms with Crippen molar-refractivity contribution < 1.29 is 15.0 Å². The van der Waals surface area contributed by atoms with E-state index in [0.717, 1.165) is 6.42 Å². The van der Waals surface area contributed by atoms with E-state index in [1.165, 1.54) is 0 Å². The molecule has 0 saturated heterocycles. The van der Waals surface area contributed by atoms with E-state index in [1.807, 2.05) is 6.92 Å². The van der Waals surface area contributed by atoms with Gasteiger partial charge in [0.15, 0.2) is 0 Å². The monoisotopic (exact) mass is 203 g/mol. The van der Waals surface area contributed by atoms with Gasteiger partial charge in [-0.05, 0) is 26.2 Å². The molecule has 0 aromatic heterocycles. The van der Waals surface area contributed by atoms with E-state index in [-0.39, 0.29) is 19.1 Å². The normalized spacial score (nSPS) is 10.2. The summed E-state index contributed by atoms with van der Waals surface area (Å²) in [6, 6.07) is 0. The largest absolute Gasteiger partial charge is 0.396 e. The fraction of sp³-hybridized carbons (Fsp3) is 0.900. The Morgan fingerprint density at radius 1 is 1.14 bits per heavy atom. The van der Waals surface area contributed by atoms with Crippen molar-refractivity contribution in [1.82, 2.24) is 4.90 Å². The van der Waals surface area contributed by atoms with Crippen LogP contribution in [0.15, 0.2) is 0 Å². The van der Waals surface area contributed by atoms with Gasteiger partial charge in [0.25, 0.3) is 0 Å². The third-order valence-electron chi connectivity index (χ3n) is 2.12. The van der Waals surface area contributed by atoms with Crippen LogP contribution in [0.2, 0.25) is 0 Å². The van der Waals surface area contributed by atoms with E-state index in [2.05, 4.69) is 0 Å². The highest BCUT2D eigenvalue weighted by Gasteiger charge is 2.09. The molecule has 0 aliphatic rings. The highest BCUT2D eigenvalue weighted by atomic mass is 16.3. The van der Waals surface area contributed by atoms with Gasteiger partial charge in [-0.1, -0.05) is 0 Å². The summed E-state index contributed by atoms with van der Waals surface area (Å²) in [7, 11) is 0. The van der Waals surface area contributed by atoms with Gasteiger partial charge in [0, 0.05) is 32.7 Å². The van der Waals surface area contributed by atoms with Gasteiger partial charge in [-0.3, -0.25) is 4.79 Å². The maximum atomic E-state index is 11.5. The lowest BCUT2D eigenvalue weighted by Gasteiger charge is -2.20. The van der Waals surface area contributed by atoms with Crippen LogP contribution in [0, 0.1) is 0 Å². The van der Waals surface area contributed by atoms with E-state index in [0.29, 0.717) is 32.4 Å². The smallest absolute Gasteiger partial charge is 0.222 e. The van der Waals surface area contributed by atoms with E-state index < -0.39 is 0 Å². The third kappa shape index (κ3) is 5.94. The van der Waals surface area contributed by atoms with Crippen LogP contribution in [0.25, 0.3) is 0 Å². The van der Waals surface area contributed by atoms with Crippen molar-refractivity contribution in [2.75, 3.05) is 26.3 Å². The molecule has 0 unspecified atom stereocenters. The van der Waals surface area contributed by atoms with Crippen LogP contribution in [-0.2, 0) is 4.79 Å². The molecule has 84 valence electrons. The molecule has 0 heterocycles. The van der Waals surface area contributed by atoms with E-state index >= 15 is 0 Å². The van der Waals surface area contributed by atoms with Crippen molar-refractivity contribution in [1.29, 1.82) is 0 Å². The zero-order chi connectivity index (χ0) is 10.8. The maximum absolute atomic E-state index is 11.5. The predicted octanol–water partition coefficient (Wildman–Crippen LogP) is 0.380. The van der Waals surface area contributed by atoms with Gasteiger partial charge in [-0.25, -0.2) is 0 Å². The minimum Gasteiger partial charge on any atom is -0.396 e. The molecule has 0 saturated carbocycles. The topological polar surface area (TPSA) is 60.8 Å². The Hall–Kier alpha value is -0.610. The molecule has 0 aromatic rings. The standard InChI is InChI=1S/C10H21NO3/c1-2-11(7-5-9-13)10(14)6-3-4-8-12/h12-13H,2-9H2,1H3. The Morgan fingerprint density at radius 3 is 2.29 bits per heavy atom. The van der Waals surface area contributed by atoms with Crippen LogP contribution in [0.5, 0.6) is 0 Å². The Kier molecular flexibility index (Phi) is 8.57. The number of carbonyl (C=O) groups excluding carboxylic acids is 1. The van der Waals surface area contributed by atoms with Gasteiger partial charge in [0.1, 0.15) is 0 Å². The van der Waals surface area contributed by atoms with Crippen LogP contribution in [0.3, 0.4) is 0 Å². The highest BCUT2D eigenvalue weighted by molar-refractivity contribution is 5.76. The van der Waals surface area contributed by atoms with Gasteiger partial charge in [-0.2, -0.15) is 0 Å². The summed E-state index contributed by atoms with van der Waals surface area (Å²) in [5.41, 5.74) is 0. The first kappa shape index (κ1) is 13.4. The van der Waals surface area contributed by atoms with Crippen molar-refractivity contribution in [3.63, 3.8) is 0 Å². The van der Waals surface area contributed by atoms with Gasteiger partial charge in [-0.15, -0.1) is 0 Å². The summed E-state index contributed by atoms with van der Waals surface area (Å²) in [5.74, 6) is 0.120. The average Bonchev–Trinajstić information content (AvgIpc) is 2.19. The van der Waals surface area contributed by atoms with Crippen LogP contribution in [-0.4, -0.2) is 47.3 Å². The number of nitrogens with zero attached hydrogens (tertiary/aromatic N) is 1. The van der Waals surface area contributed by atoms with Crippen molar-refractivity contribution in [3.8, 4) is 0 Å². The Labute approximate surface area is 85.5 Å². The van der Waals surface area contributed by atoms with Gasteiger partial charge < -0.3 is 15.1 Å². The fourth-order valence-electron chi connectivity index (χ4n) is 1.27. The number of carbonyl (C=O) groups is 1. The summed E-state index contributed by atoms with van der Waals surface area (Å²) in [6.07, 6.45) is 2.56. The lowest BCUT2D eigenvalue weighted by atomic mass is 10.2. The minimum absolute atomic E-state index is 0.120. The molecular weight excluding hydrogens is 182 g/mol. The first-order valence-electron chi connectivity index (χ1n) is 5.25. The second-order valence-electron chi connectivity index (χ2n) is 3.23. The lowest BCUT2D eigenvalue weighted by Crippen LogP contribution is -2.32. The maximum Gasteiger partial charge on any atom is 0.222 e. The lowest BCUT2D eigenvalue weighted by molar-refractivity contribution is -0.131. The molecule has 4 nitrogen and oxygen atoms in total. The van der Waals surface area contributed by atoms with Crippen molar-refractivity contribution in [2.24, 2.45) is 0 Å². The molecule has 1 amide bonds. The molecule has 0 radical (unpaired) electrons. The molecule has 0 aliphatic carbocycles. The van der Waals surface area contributed by atoms with E-state index in [9.17, 15) is 4.79 Å². The number of amides is 1. The second kappa shape index (κ2) is 8.97. The van der Waals surface area contributed by atoms with Crippen LogP contribution < -0.4 is 0 Å². The average molecular weight is 203 g/mol. The van der Waals surface area contributed by atoms with E-state index in [1.54, 1.807) is 4.90 Å². The Balaban J connectivity index is 3.67. The number of unbranched alkanes of at least 4 members (excludes halogenated alkanes) is 1. The number of hydrogen-bond acceptors (Lipinski definition) is 3. The molecule has 14 heavy (non-hydrogen) atoms. The zero-order valence-electron chi connectivity index (χ0n) is 8.91. The Bertz CT molecular complexity index is 150. The van der Waals surface area contributed by atoms with Crippen LogP contribution in [0.1, 0.15) is 32.6 Å². The summed E-state index contributed by atoms with van der Waals surface area (Å²) >= 11 is 0. The van der Waals surface area contributed by atoms with Crippen molar-refractivity contribution >= 4 is 5.91 Å².